The number of anilines is 1. The van der Waals surface area contributed by atoms with Crippen molar-refractivity contribution in [3.8, 4) is 17.2 Å². The fraction of sp³-hybridized carbons (Fsp3) is 0.280. The molecule has 0 saturated heterocycles. The quantitative estimate of drug-likeness (QED) is 0.200. The first kappa shape index (κ1) is 26.2. The van der Waals surface area contributed by atoms with E-state index in [9.17, 15) is 0 Å². The number of nitrogens with one attached hydrogen (secondary N) is 2. The van der Waals surface area contributed by atoms with E-state index in [-0.39, 0.29) is 24.0 Å². The van der Waals surface area contributed by atoms with Gasteiger partial charge in [0.2, 0.25) is 0 Å². The number of rotatable bonds is 10. The fourth-order valence-corrected chi connectivity index (χ4v) is 2.97. The van der Waals surface area contributed by atoms with Gasteiger partial charge in [-0.15, -0.1) is 24.0 Å². The normalized spacial score (nSPS) is 10.7. The molecule has 0 atom stereocenters. The van der Waals surface area contributed by atoms with Crippen LogP contribution in [-0.2, 0) is 13.2 Å². The molecule has 0 unspecified atom stereocenters. The minimum absolute atomic E-state index is 0. The van der Waals surface area contributed by atoms with Crippen molar-refractivity contribution in [1.29, 1.82) is 0 Å². The Morgan fingerprint density at radius 2 is 1.79 bits per heavy atom. The summed E-state index contributed by atoms with van der Waals surface area (Å²) in [6.07, 6.45) is 1.76. The number of aromatic nitrogens is 1. The molecule has 1 aromatic heterocycles. The molecule has 3 aromatic rings. The number of nitrogens with zero attached hydrogens (tertiary/aromatic N) is 2. The molecular weight excluding hydrogens is 531 g/mol. The van der Waals surface area contributed by atoms with Crippen molar-refractivity contribution in [2.24, 2.45) is 4.99 Å². The Hall–Kier alpha value is -3.01. The van der Waals surface area contributed by atoms with Gasteiger partial charge in [0.25, 0.3) is 0 Å². The second-order valence-corrected chi connectivity index (χ2v) is 6.87. The average molecular weight is 562 g/mol. The Kier molecular flexibility index (Phi) is 11.3. The Bertz CT molecular complexity index is 998. The smallest absolute Gasteiger partial charge is 0.196 e. The van der Waals surface area contributed by atoms with Gasteiger partial charge in [-0.05, 0) is 55.8 Å². The number of hydrogen-bond donors (Lipinski definition) is 2. The van der Waals surface area contributed by atoms with Crippen LogP contribution in [0.2, 0.25) is 0 Å². The number of methoxy groups -OCH3 is 1. The molecule has 0 radical (unpaired) electrons. The number of ether oxygens (including phenoxy) is 3. The van der Waals surface area contributed by atoms with Crippen LogP contribution in [0.25, 0.3) is 0 Å². The van der Waals surface area contributed by atoms with E-state index < -0.39 is 0 Å². The van der Waals surface area contributed by atoms with Gasteiger partial charge in [-0.2, -0.15) is 0 Å². The average Bonchev–Trinajstić information content (AvgIpc) is 2.83. The molecule has 0 aliphatic rings. The first-order valence-corrected chi connectivity index (χ1v) is 10.7. The highest BCUT2D eigenvalue weighted by atomic mass is 127. The van der Waals surface area contributed by atoms with Crippen molar-refractivity contribution < 1.29 is 14.2 Å². The van der Waals surface area contributed by atoms with Gasteiger partial charge in [-0.3, -0.25) is 4.98 Å². The highest BCUT2D eigenvalue weighted by Crippen LogP contribution is 2.30. The van der Waals surface area contributed by atoms with Gasteiger partial charge in [0.1, 0.15) is 12.4 Å². The topological polar surface area (TPSA) is 77.0 Å². The van der Waals surface area contributed by atoms with Gasteiger partial charge in [0.15, 0.2) is 17.5 Å². The summed E-state index contributed by atoms with van der Waals surface area (Å²) < 4.78 is 16.8. The van der Waals surface area contributed by atoms with Crippen molar-refractivity contribution >= 4 is 35.6 Å². The van der Waals surface area contributed by atoms with Crippen molar-refractivity contribution in [1.82, 2.24) is 10.3 Å². The van der Waals surface area contributed by atoms with E-state index in [2.05, 4.69) is 15.6 Å². The van der Waals surface area contributed by atoms with E-state index in [1.54, 1.807) is 13.3 Å². The van der Waals surface area contributed by atoms with Gasteiger partial charge in [0, 0.05) is 24.5 Å². The molecule has 7 nitrogen and oxygen atoms in total. The summed E-state index contributed by atoms with van der Waals surface area (Å²) in [7, 11) is 1.63. The van der Waals surface area contributed by atoms with Crippen LogP contribution in [0.3, 0.4) is 0 Å². The van der Waals surface area contributed by atoms with E-state index in [4.69, 9.17) is 19.2 Å². The van der Waals surface area contributed by atoms with Crippen molar-refractivity contribution in [3.63, 3.8) is 0 Å². The lowest BCUT2D eigenvalue weighted by Crippen LogP contribution is -2.30. The molecule has 3 rings (SSSR count). The molecule has 8 heteroatoms. The zero-order valence-electron chi connectivity index (χ0n) is 19.2. The summed E-state index contributed by atoms with van der Waals surface area (Å²) in [5, 5.41) is 6.59. The largest absolute Gasteiger partial charge is 0.493 e. The number of guanidine groups is 1. The summed E-state index contributed by atoms with van der Waals surface area (Å²) in [4.78, 5) is 8.96. The Morgan fingerprint density at radius 1 is 0.970 bits per heavy atom. The Balaban J connectivity index is 0.00000385. The molecular formula is C25H31IN4O3. The van der Waals surface area contributed by atoms with E-state index in [1.807, 2.05) is 74.5 Å². The van der Waals surface area contributed by atoms with Crippen LogP contribution in [0.5, 0.6) is 17.2 Å². The third kappa shape index (κ3) is 8.45. The van der Waals surface area contributed by atoms with Gasteiger partial charge in [0.05, 0.1) is 26.0 Å². The second kappa shape index (κ2) is 14.2. The van der Waals surface area contributed by atoms with Gasteiger partial charge < -0.3 is 24.8 Å². The Labute approximate surface area is 212 Å². The van der Waals surface area contributed by atoms with Crippen LogP contribution >= 0.6 is 24.0 Å². The minimum Gasteiger partial charge on any atom is -0.493 e. The monoisotopic (exact) mass is 562 g/mol. The first-order chi connectivity index (χ1) is 15.7. The maximum atomic E-state index is 5.80. The summed E-state index contributed by atoms with van der Waals surface area (Å²) in [6.45, 7) is 6.27. The lowest BCUT2D eigenvalue weighted by Gasteiger charge is -2.14. The highest BCUT2D eigenvalue weighted by Gasteiger charge is 2.07. The maximum Gasteiger partial charge on any atom is 0.196 e. The van der Waals surface area contributed by atoms with Crippen LogP contribution in [-0.4, -0.2) is 31.2 Å². The molecule has 0 spiro atoms. The van der Waals surface area contributed by atoms with Gasteiger partial charge in [-0.25, -0.2) is 4.99 Å². The van der Waals surface area contributed by atoms with Gasteiger partial charge >= 0.3 is 0 Å². The first-order valence-electron chi connectivity index (χ1n) is 10.7. The summed E-state index contributed by atoms with van der Waals surface area (Å²) in [5.41, 5.74) is 2.85. The standard InChI is InChI=1S/C25H30N4O3.HI/c1-4-26-25(29-20-11-14-23(30-3)24(16-20)31-5-2)28-17-19-9-12-22(13-10-19)32-18-21-8-6-7-15-27-21;/h6-16H,4-5,17-18H2,1-3H3,(H2,26,28,29);1H. The molecule has 0 amide bonds. The third-order valence-electron chi connectivity index (χ3n) is 4.53. The lowest BCUT2D eigenvalue weighted by atomic mass is 10.2. The van der Waals surface area contributed by atoms with E-state index >= 15 is 0 Å². The number of pyridine rings is 1. The lowest BCUT2D eigenvalue weighted by molar-refractivity contribution is 0.301. The molecule has 0 bridgehead atoms. The van der Waals surface area contributed by atoms with Crippen LogP contribution in [0.1, 0.15) is 25.1 Å². The van der Waals surface area contributed by atoms with Crippen LogP contribution in [0, 0.1) is 0 Å². The molecule has 0 aliphatic carbocycles. The van der Waals surface area contributed by atoms with Gasteiger partial charge in [-0.1, -0.05) is 18.2 Å². The molecule has 2 N–H and O–H groups in total. The number of halogens is 1. The van der Waals surface area contributed by atoms with E-state index in [1.165, 1.54) is 0 Å². The van der Waals surface area contributed by atoms with Crippen molar-refractivity contribution in [2.75, 3.05) is 25.6 Å². The van der Waals surface area contributed by atoms with E-state index in [0.717, 1.165) is 29.2 Å². The maximum absolute atomic E-state index is 5.80. The second-order valence-electron chi connectivity index (χ2n) is 6.87. The predicted molar refractivity (Wildman–Crippen MR) is 143 cm³/mol. The van der Waals surface area contributed by atoms with Crippen LogP contribution < -0.4 is 24.8 Å². The summed E-state index contributed by atoms with van der Waals surface area (Å²) >= 11 is 0. The Morgan fingerprint density at radius 3 is 2.45 bits per heavy atom. The SMILES string of the molecule is CCNC(=NCc1ccc(OCc2ccccn2)cc1)Nc1ccc(OC)c(OCC)c1.I. The molecule has 1 heterocycles. The molecule has 2 aromatic carbocycles. The van der Waals surface area contributed by atoms with Crippen LogP contribution in [0.15, 0.2) is 71.9 Å². The zero-order valence-corrected chi connectivity index (χ0v) is 21.5. The number of aliphatic imine (C=N–C) groups is 1. The molecule has 0 aliphatic heterocycles. The molecule has 176 valence electrons. The zero-order chi connectivity index (χ0) is 22.6. The number of hydrogen-bond acceptors (Lipinski definition) is 5. The van der Waals surface area contributed by atoms with E-state index in [0.29, 0.717) is 37.2 Å². The minimum atomic E-state index is 0. The molecule has 33 heavy (non-hydrogen) atoms. The summed E-state index contributed by atoms with van der Waals surface area (Å²) in [6, 6.07) is 19.4. The van der Waals surface area contributed by atoms with Crippen molar-refractivity contribution in [3.05, 3.63) is 78.1 Å². The van der Waals surface area contributed by atoms with Crippen molar-refractivity contribution in [2.45, 2.75) is 27.0 Å². The fourth-order valence-electron chi connectivity index (χ4n) is 2.97. The predicted octanol–water partition coefficient (Wildman–Crippen LogP) is 5.26. The molecule has 0 fully saturated rings. The summed E-state index contributed by atoms with van der Waals surface area (Å²) in [5.74, 6) is 2.88. The number of benzene rings is 2. The third-order valence-corrected chi connectivity index (χ3v) is 4.53. The van der Waals surface area contributed by atoms with Crippen LogP contribution in [0.4, 0.5) is 5.69 Å². The highest BCUT2D eigenvalue weighted by molar-refractivity contribution is 14.0. The molecule has 0 saturated carbocycles.